The van der Waals surface area contributed by atoms with Gasteiger partial charge in [0, 0.05) is 13.2 Å². The lowest BCUT2D eigenvalue weighted by atomic mass is 9.93. The van der Waals surface area contributed by atoms with Gasteiger partial charge in [0.2, 0.25) is 0 Å². The van der Waals surface area contributed by atoms with Gasteiger partial charge in [-0.1, -0.05) is 26.7 Å². The summed E-state index contributed by atoms with van der Waals surface area (Å²) in [4.78, 5) is 0. The van der Waals surface area contributed by atoms with E-state index in [1.165, 1.54) is 19.3 Å². The Kier molecular flexibility index (Phi) is 3.20. The molecule has 0 spiro atoms. The van der Waals surface area contributed by atoms with Gasteiger partial charge < -0.3 is 4.74 Å². The second-order valence-electron chi connectivity index (χ2n) is 3.42. The van der Waals surface area contributed by atoms with E-state index in [4.69, 9.17) is 4.74 Å². The van der Waals surface area contributed by atoms with Crippen LogP contribution in [-0.2, 0) is 4.74 Å². The predicted molar refractivity (Wildman–Crippen MR) is 43.0 cm³/mol. The molecule has 0 bridgehead atoms. The highest BCUT2D eigenvalue weighted by Gasteiger charge is 2.22. The Labute approximate surface area is 63.8 Å². The molecule has 0 aliphatic carbocycles. The fourth-order valence-electron chi connectivity index (χ4n) is 1.54. The van der Waals surface area contributed by atoms with Crippen molar-refractivity contribution in [1.29, 1.82) is 0 Å². The summed E-state index contributed by atoms with van der Waals surface area (Å²) < 4.78 is 5.37. The fourth-order valence-corrected chi connectivity index (χ4v) is 1.54. The van der Waals surface area contributed by atoms with Crippen molar-refractivity contribution in [2.45, 2.75) is 33.1 Å². The monoisotopic (exact) mass is 142 g/mol. The third kappa shape index (κ3) is 1.98. The molecule has 1 saturated heterocycles. The van der Waals surface area contributed by atoms with Crippen LogP contribution in [0.4, 0.5) is 0 Å². The molecule has 1 aliphatic rings. The molecule has 1 aliphatic heterocycles. The molecule has 0 aromatic heterocycles. The molecular weight excluding hydrogens is 124 g/mol. The maximum Gasteiger partial charge on any atom is 0.0497 e. The van der Waals surface area contributed by atoms with Gasteiger partial charge in [0.15, 0.2) is 0 Å². The van der Waals surface area contributed by atoms with Gasteiger partial charge in [0.25, 0.3) is 0 Å². The molecule has 0 radical (unpaired) electrons. The van der Waals surface area contributed by atoms with Crippen LogP contribution in [0.15, 0.2) is 0 Å². The van der Waals surface area contributed by atoms with E-state index in [9.17, 15) is 0 Å². The molecule has 0 amide bonds. The summed E-state index contributed by atoms with van der Waals surface area (Å²) in [5.74, 6) is 1.67. The molecule has 1 heteroatoms. The van der Waals surface area contributed by atoms with Gasteiger partial charge in [0.05, 0.1) is 0 Å². The topological polar surface area (TPSA) is 9.23 Å². The normalized spacial score (nSPS) is 33.0. The van der Waals surface area contributed by atoms with Crippen molar-refractivity contribution in [3.63, 3.8) is 0 Å². The highest BCUT2D eigenvalue weighted by Crippen LogP contribution is 2.24. The third-order valence-corrected chi connectivity index (χ3v) is 2.45. The molecule has 1 heterocycles. The Morgan fingerprint density at radius 3 is 2.70 bits per heavy atom. The van der Waals surface area contributed by atoms with Gasteiger partial charge >= 0.3 is 0 Å². The van der Waals surface area contributed by atoms with Crippen LogP contribution in [0.1, 0.15) is 33.1 Å². The summed E-state index contributed by atoms with van der Waals surface area (Å²) in [6.07, 6.45) is 4.07. The molecule has 0 aromatic carbocycles. The average molecular weight is 142 g/mol. The van der Waals surface area contributed by atoms with E-state index in [0.29, 0.717) is 0 Å². The van der Waals surface area contributed by atoms with Crippen LogP contribution in [0, 0.1) is 11.8 Å². The zero-order valence-corrected chi connectivity index (χ0v) is 7.10. The largest absolute Gasteiger partial charge is 0.381 e. The molecule has 2 atom stereocenters. The van der Waals surface area contributed by atoms with Gasteiger partial charge in [-0.2, -0.15) is 0 Å². The van der Waals surface area contributed by atoms with Crippen molar-refractivity contribution >= 4 is 0 Å². The van der Waals surface area contributed by atoms with E-state index in [2.05, 4.69) is 13.8 Å². The number of rotatable bonds is 3. The van der Waals surface area contributed by atoms with E-state index in [1.54, 1.807) is 0 Å². The lowest BCUT2D eigenvalue weighted by Crippen LogP contribution is -2.07. The van der Waals surface area contributed by atoms with Crippen LogP contribution in [0.5, 0.6) is 0 Å². The Bertz CT molecular complexity index is 90.7. The van der Waals surface area contributed by atoms with Crippen LogP contribution >= 0.6 is 0 Å². The van der Waals surface area contributed by atoms with Crippen molar-refractivity contribution in [2.24, 2.45) is 11.8 Å². The Morgan fingerprint density at radius 1 is 1.40 bits per heavy atom. The van der Waals surface area contributed by atoms with Crippen LogP contribution in [0.2, 0.25) is 0 Å². The number of unbranched alkanes of at least 4 members (excludes halogenated alkanes) is 1. The molecule has 2 unspecified atom stereocenters. The molecule has 0 saturated carbocycles. The Hall–Kier alpha value is -0.0400. The maximum absolute atomic E-state index is 5.37. The zero-order valence-electron chi connectivity index (χ0n) is 7.10. The van der Waals surface area contributed by atoms with E-state index in [0.717, 1.165) is 25.0 Å². The van der Waals surface area contributed by atoms with E-state index < -0.39 is 0 Å². The lowest BCUT2D eigenvalue weighted by molar-refractivity contribution is 0.180. The number of hydrogen-bond acceptors (Lipinski definition) is 1. The van der Waals surface area contributed by atoms with E-state index >= 15 is 0 Å². The first-order valence-electron chi connectivity index (χ1n) is 4.42. The van der Waals surface area contributed by atoms with Crippen LogP contribution in [-0.4, -0.2) is 13.2 Å². The Morgan fingerprint density at radius 2 is 2.20 bits per heavy atom. The van der Waals surface area contributed by atoms with Gasteiger partial charge in [0.1, 0.15) is 0 Å². The predicted octanol–water partition coefficient (Wildman–Crippen LogP) is 2.46. The second kappa shape index (κ2) is 3.97. The van der Waals surface area contributed by atoms with Crippen molar-refractivity contribution in [2.75, 3.05) is 13.2 Å². The summed E-state index contributed by atoms with van der Waals surface area (Å²) in [5.41, 5.74) is 0. The fraction of sp³-hybridized carbons (Fsp3) is 1.00. The summed E-state index contributed by atoms with van der Waals surface area (Å²) in [6, 6.07) is 0. The highest BCUT2D eigenvalue weighted by molar-refractivity contribution is 4.70. The minimum atomic E-state index is 0.812. The standard InChI is InChI=1S/C9H18O/c1-3-4-5-9-7-10-6-8(9)2/h8-9H,3-7H2,1-2H3. The Balaban J connectivity index is 2.14. The average Bonchev–Trinajstić information content (AvgIpc) is 2.31. The van der Waals surface area contributed by atoms with Crippen LogP contribution in [0.3, 0.4) is 0 Å². The number of ether oxygens (including phenoxy) is 1. The van der Waals surface area contributed by atoms with Crippen LogP contribution < -0.4 is 0 Å². The van der Waals surface area contributed by atoms with Crippen LogP contribution in [0.25, 0.3) is 0 Å². The first-order chi connectivity index (χ1) is 4.84. The summed E-state index contributed by atoms with van der Waals surface area (Å²) in [6.45, 7) is 6.56. The van der Waals surface area contributed by atoms with Crippen molar-refractivity contribution in [3.05, 3.63) is 0 Å². The summed E-state index contributed by atoms with van der Waals surface area (Å²) >= 11 is 0. The summed E-state index contributed by atoms with van der Waals surface area (Å²) in [7, 11) is 0. The first-order valence-corrected chi connectivity index (χ1v) is 4.42. The smallest absolute Gasteiger partial charge is 0.0497 e. The highest BCUT2D eigenvalue weighted by atomic mass is 16.5. The third-order valence-electron chi connectivity index (χ3n) is 2.45. The molecule has 0 aromatic rings. The zero-order chi connectivity index (χ0) is 7.40. The quantitative estimate of drug-likeness (QED) is 0.588. The van der Waals surface area contributed by atoms with E-state index in [-0.39, 0.29) is 0 Å². The molecular formula is C9H18O. The molecule has 1 rings (SSSR count). The SMILES string of the molecule is CCCCC1COCC1C. The van der Waals surface area contributed by atoms with Crippen molar-refractivity contribution < 1.29 is 4.74 Å². The van der Waals surface area contributed by atoms with Gasteiger partial charge in [-0.05, 0) is 18.3 Å². The minimum absolute atomic E-state index is 0.812. The molecule has 1 fully saturated rings. The van der Waals surface area contributed by atoms with Gasteiger partial charge in [-0.3, -0.25) is 0 Å². The van der Waals surface area contributed by atoms with Gasteiger partial charge in [-0.25, -0.2) is 0 Å². The summed E-state index contributed by atoms with van der Waals surface area (Å²) in [5, 5.41) is 0. The van der Waals surface area contributed by atoms with Crippen molar-refractivity contribution in [1.82, 2.24) is 0 Å². The molecule has 0 N–H and O–H groups in total. The molecule has 60 valence electrons. The molecule has 1 nitrogen and oxygen atoms in total. The molecule has 10 heavy (non-hydrogen) atoms. The lowest BCUT2D eigenvalue weighted by Gasteiger charge is -2.10. The van der Waals surface area contributed by atoms with Crippen molar-refractivity contribution in [3.8, 4) is 0 Å². The van der Waals surface area contributed by atoms with Gasteiger partial charge in [-0.15, -0.1) is 0 Å². The minimum Gasteiger partial charge on any atom is -0.381 e. The van der Waals surface area contributed by atoms with E-state index in [1.807, 2.05) is 0 Å². The maximum atomic E-state index is 5.37. The number of hydrogen-bond donors (Lipinski definition) is 0. The second-order valence-corrected chi connectivity index (χ2v) is 3.42. The first kappa shape index (κ1) is 8.06.